The number of nitrogens with two attached hydrogens (primary N) is 1. The van der Waals surface area contributed by atoms with Crippen molar-refractivity contribution < 1.29 is 5.11 Å². The van der Waals surface area contributed by atoms with Gasteiger partial charge in [0.2, 0.25) is 0 Å². The van der Waals surface area contributed by atoms with Crippen molar-refractivity contribution in [2.45, 2.75) is 32.4 Å². The van der Waals surface area contributed by atoms with Gasteiger partial charge in [-0.1, -0.05) is 13.8 Å². The lowest BCUT2D eigenvalue weighted by molar-refractivity contribution is 0.0348. The summed E-state index contributed by atoms with van der Waals surface area (Å²) in [5, 5.41) is 12.9. The van der Waals surface area contributed by atoms with E-state index in [0.717, 1.165) is 19.5 Å². The minimum Gasteiger partial charge on any atom is -0.391 e. The van der Waals surface area contributed by atoms with Gasteiger partial charge in [-0.05, 0) is 18.4 Å². The lowest BCUT2D eigenvalue weighted by Crippen LogP contribution is -2.46. The highest BCUT2D eigenvalue weighted by Crippen LogP contribution is 2.27. The van der Waals surface area contributed by atoms with E-state index in [1.807, 2.05) is 0 Å². The van der Waals surface area contributed by atoms with Gasteiger partial charge in [0.15, 0.2) is 0 Å². The van der Waals surface area contributed by atoms with Crippen LogP contribution in [0.1, 0.15) is 20.3 Å². The van der Waals surface area contributed by atoms with Gasteiger partial charge < -0.3 is 16.2 Å². The molecule has 11 heavy (non-hydrogen) atoms. The van der Waals surface area contributed by atoms with Crippen molar-refractivity contribution in [1.82, 2.24) is 5.32 Å². The van der Waals surface area contributed by atoms with Crippen LogP contribution < -0.4 is 11.1 Å². The number of hydrogen-bond acceptors (Lipinski definition) is 3. The molecule has 0 aliphatic carbocycles. The zero-order valence-corrected chi connectivity index (χ0v) is 7.30. The molecule has 1 heterocycles. The number of nitrogens with one attached hydrogen (secondary N) is 1. The molecule has 0 aromatic rings. The second kappa shape index (κ2) is 3.09. The summed E-state index contributed by atoms with van der Waals surface area (Å²) in [6, 6.07) is -0.118. The first kappa shape index (κ1) is 8.97. The molecule has 0 spiro atoms. The molecule has 0 saturated carbocycles. The number of aliphatic hydroxyl groups excluding tert-OH is 1. The third-order valence-electron chi connectivity index (χ3n) is 2.53. The Balaban J connectivity index is 2.65. The van der Waals surface area contributed by atoms with Gasteiger partial charge in [-0.15, -0.1) is 0 Å². The molecule has 0 bridgehead atoms. The standard InChI is InChI=1S/C8H18N2O/c1-8(2)3-4-10-5-6(9)7(8)11/h6-7,10-11H,3-5,9H2,1-2H3. The molecule has 0 amide bonds. The van der Waals surface area contributed by atoms with Gasteiger partial charge in [0.1, 0.15) is 0 Å². The van der Waals surface area contributed by atoms with Crippen molar-refractivity contribution in [2.24, 2.45) is 11.1 Å². The second-order valence-electron chi connectivity index (χ2n) is 4.05. The summed E-state index contributed by atoms with van der Waals surface area (Å²) < 4.78 is 0. The molecule has 1 rings (SSSR count). The Morgan fingerprint density at radius 3 is 2.82 bits per heavy atom. The van der Waals surface area contributed by atoms with Crippen molar-refractivity contribution in [3.63, 3.8) is 0 Å². The lowest BCUT2D eigenvalue weighted by Gasteiger charge is -2.31. The number of hydrogen-bond donors (Lipinski definition) is 3. The molecule has 1 aliphatic rings. The summed E-state index contributed by atoms with van der Waals surface area (Å²) in [4.78, 5) is 0. The molecule has 2 unspecified atom stereocenters. The molecule has 0 radical (unpaired) electrons. The summed E-state index contributed by atoms with van der Waals surface area (Å²) in [5.41, 5.74) is 5.70. The number of aliphatic hydroxyl groups is 1. The van der Waals surface area contributed by atoms with Gasteiger partial charge in [0, 0.05) is 12.6 Å². The van der Waals surface area contributed by atoms with Crippen LogP contribution in [0.3, 0.4) is 0 Å². The Morgan fingerprint density at radius 1 is 1.55 bits per heavy atom. The van der Waals surface area contributed by atoms with Crippen molar-refractivity contribution >= 4 is 0 Å². The SMILES string of the molecule is CC1(C)CCNCC(N)C1O. The van der Waals surface area contributed by atoms with E-state index in [-0.39, 0.29) is 17.6 Å². The topological polar surface area (TPSA) is 58.3 Å². The highest BCUT2D eigenvalue weighted by molar-refractivity contribution is 4.89. The van der Waals surface area contributed by atoms with Gasteiger partial charge >= 0.3 is 0 Å². The van der Waals surface area contributed by atoms with Gasteiger partial charge in [0.25, 0.3) is 0 Å². The van der Waals surface area contributed by atoms with Crippen LogP contribution in [0.15, 0.2) is 0 Å². The van der Waals surface area contributed by atoms with E-state index in [1.54, 1.807) is 0 Å². The minimum absolute atomic E-state index is 0.0388. The Bertz CT molecular complexity index is 136. The van der Waals surface area contributed by atoms with E-state index in [1.165, 1.54) is 0 Å². The predicted molar refractivity (Wildman–Crippen MR) is 45.2 cm³/mol. The molecule has 3 heteroatoms. The minimum atomic E-state index is -0.377. The third kappa shape index (κ3) is 1.92. The fourth-order valence-electron chi connectivity index (χ4n) is 1.52. The summed E-state index contributed by atoms with van der Waals surface area (Å²) in [7, 11) is 0. The van der Waals surface area contributed by atoms with E-state index < -0.39 is 0 Å². The maximum absolute atomic E-state index is 9.72. The molecule has 66 valence electrons. The van der Waals surface area contributed by atoms with E-state index >= 15 is 0 Å². The van der Waals surface area contributed by atoms with E-state index in [4.69, 9.17) is 5.73 Å². The largest absolute Gasteiger partial charge is 0.391 e. The van der Waals surface area contributed by atoms with Gasteiger partial charge in [-0.25, -0.2) is 0 Å². The van der Waals surface area contributed by atoms with Crippen LogP contribution in [0, 0.1) is 5.41 Å². The fraction of sp³-hybridized carbons (Fsp3) is 1.00. The second-order valence-corrected chi connectivity index (χ2v) is 4.05. The average molecular weight is 158 g/mol. The van der Waals surface area contributed by atoms with Crippen molar-refractivity contribution in [3.8, 4) is 0 Å². The molecule has 1 fully saturated rings. The highest BCUT2D eigenvalue weighted by atomic mass is 16.3. The Morgan fingerprint density at radius 2 is 2.18 bits per heavy atom. The fourth-order valence-corrected chi connectivity index (χ4v) is 1.52. The van der Waals surface area contributed by atoms with Gasteiger partial charge in [-0.2, -0.15) is 0 Å². The van der Waals surface area contributed by atoms with Crippen LogP contribution in [0.25, 0.3) is 0 Å². The summed E-state index contributed by atoms with van der Waals surface area (Å²) >= 11 is 0. The summed E-state index contributed by atoms with van der Waals surface area (Å²) in [6.07, 6.45) is 0.611. The van der Waals surface area contributed by atoms with E-state index in [0.29, 0.717) is 0 Å². The van der Waals surface area contributed by atoms with E-state index in [2.05, 4.69) is 19.2 Å². The normalized spacial score (nSPS) is 38.2. The Labute approximate surface area is 68.0 Å². The molecular formula is C8H18N2O. The van der Waals surface area contributed by atoms with Crippen LogP contribution in [0.5, 0.6) is 0 Å². The first-order valence-electron chi connectivity index (χ1n) is 4.18. The Hall–Kier alpha value is -0.120. The first-order valence-corrected chi connectivity index (χ1v) is 4.18. The first-order chi connectivity index (χ1) is 5.04. The summed E-state index contributed by atoms with van der Waals surface area (Å²) in [5.74, 6) is 0. The zero-order valence-electron chi connectivity index (χ0n) is 7.30. The summed E-state index contributed by atoms with van der Waals surface area (Å²) in [6.45, 7) is 5.80. The average Bonchev–Trinajstić information content (AvgIpc) is 2.03. The molecular weight excluding hydrogens is 140 g/mol. The molecule has 1 aliphatic heterocycles. The van der Waals surface area contributed by atoms with E-state index in [9.17, 15) is 5.11 Å². The highest BCUT2D eigenvalue weighted by Gasteiger charge is 2.33. The number of rotatable bonds is 0. The molecule has 0 aromatic heterocycles. The zero-order chi connectivity index (χ0) is 8.48. The molecule has 2 atom stereocenters. The Kier molecular flexibility index (Phi) is 2.52. The molecule has 4 N–H and O–H groups in total. The monoisotopic (exact) mass is 158 g/mol. The van der Waals surface area contributed by atoms with Crippen LogP contribution in [0.4, 0.5) is 0 Å². The van der Waals surface area contributed by atoms with Crippen molar-refractivity contribution in [2.75, 3.05) is 13.1 Å². The smallest absolute Gasteiger partial charge is 0.0754 e. The van der Waals surface area contributed by atoms with Crippen molar-refractivity contribution in [3.05, 3.63) is 0 Å². The third-order valence-corrected chi connectivity index (χ3v) is 2.53. The maximum atomic E-state index is 9.72. The van der Waals surface area contributed by atoms with Crippen LogP contribution >= 0.6 is 0 Å². The van der Waals surface area contributed by atoms with Crippen LogP contribution in [0.2, 0.25) is 0 Å². The van der Waals surface area contributed by atoms with Crippen molar-refractivity contribution in [1.29, 1.82) is 0 Å². The van der Waals surface area contributed by atoms with Crippen LogP contribution in [-0.2, 0) is 0 Å². The van der Waals surface area contributed by atoms with Gasteiger partial charge in [-0.3, -0.25) is 0 Å². The van der Waals surface area contributed by atoms with Gasteiger partial charge in [0.05, 0.1) is 6.10 Å². The van der Waals surface area contributed by atoms with Crippen LogP contribution in [-0.4, -0.2) is 30.3 Å². The maximum Gasteiger partial charge on any atom is 0.0754 e. The molecule has 1 saturated heterocycles. The molecule has 3 nitrogen and oxygen atoms in total. The molecule has 0 aromatic carbocycles. The quantitative estimate of drug-likeness (QED) is 0.453. The predicted octanol–water partition coefficient (Wildman–Crippen LogP) is -0.306. The lowest BCUT2D eigenvalue weighted by atomic mass is 9.81.